The van der Waals surface area contributed by atoms with E-state index >= 15 is 0 Å². The molecule has 5 heteroatoms. The first-order chi connectivity index (χ1) is 10.8. The molecule has 0 saturated carbocycles. The summed E-state index contributed by atoms with van der Waals surface area (Å²) in [6, 6.07) is 14.1. The fourth-order valence-electron chi connectivity index (χ4n) is 2.47. The maximum atomic E-state index is 12.2. The van der Waals surface area contributed by atoms with Crippen molar-refractivity contribution in [1.29, 1.82) is 0 Å². The van der Waals surface area contributed by atoms with E-state index in [0.717, 1.165) is 30.8 Å². The first kappa shape index (κ1) is 15.4. The van der Waals surface area contributed by atoms with E-state index in [2.05, 4.69) is 17.5 Å². The molecule has 1 aliphatic heterocycles. The average Bonchev–Trinajstić information content (AvgIpc) is 2.98. The van der Waals surface area contributed by atoms with Gasteiger partial charge in [0.15, 0.2) is 0 Å². The Morgan fingerprint density at radius 3 is 2.82 bits per heavy atom. The lowest BCUT2D eigenvalue weighted by Crippen LogP contribution is -2.33. The van der Waals surface area contributed by atoms with Gasteiger partial charge in [-0.1, -0.05) is 36.4 Å². The Kier molecular flexibility index (Phi) is 5.40. The molecule has 0 N–H and O–H groups in total. The zero-order valence-electron chi connectivity index (χ0n) is 12.3. The summed E-state index contributed by atoms with van der Waals surface area (Å²) in [5.74, 6) is 0.961. The van der Waals surface area contributed by atoms with Crippen LogP contribution in [-0.2, 0) is 11.3 Å². The van der Waals surface area contributed by atoms with E-state index in [4.69, 9.17) is 4.74 Å². The Bertz CT molecular complexity index is 586. The standard InChI is InChI=1S/C17H19NO2S2/c19-17(20-13-14-5-2-1-3-6-14)18-9-8-16(22-12-10-18)15-7-4-11-21-15/h1-7,11,16H,8-10,12-13H2. The lowest BCUT2D eigenvalue weighted by molar-refractivity contribution is 0.0985. The highest BCUT2D eigenvalue weighted by molar-refractivity contribution is 7.99. The molecule has 3 rings (SSSR count). The fourth-order valence-corrected chi connectivity index (χ4v) is 4.70. The summed E-state index contributed by atoms with van der Waals surface area (Å²) < 4.78 is 5.43. The Hall–Kier alpha value is -1.46. The third kappa shape index (κ3) is 4.05. The minimum absolute atomic E-state index is 0.198. The van der Waals surface area contributed by atoms with E-state index < -0.39 is 0 Å². The predicted molar refractivity (Wildman–Crippen MR) is 92.3 cm³/mol. The van der Waals surface area contributed by atoms with Crippen LogP contribution in [0.25, 0.3) is 0 Å². The lowest BCUT2D eigenvalue weighted by atomic mass is 10.2. The van der Waals surface area contributed by atoms with Crippen LogP contribution in [0, 0.1) is 0 Å². The van der Waals surface area contributed by atoms with E-state index in [1.807, 2.05) is 47.0 Å². The molecule has 2 heterocycles. The average molecular weight is 333 g/mol. The summed E-state index contributed by atoms with van der Waals surface area (Å²) >= 11 is 3.74. The summed E-state index contributed by atoms with van der Waals surface area (Å²) in [5, 5.41) is 2.62. The third-order valence-electron chi connectivity index (χ3n) is 3.67. The van der Waals surface area contributed by atoms with Gasteiger partial charge in [0.2, 0.25) is 0 Å². The normalized spacial score (nSPS) is 18.7. The topological polar surface area (TPSA) is 29.5 Å². The van der Waals surface area contributed by atoms with Crippen molar-refractivity contribution in [1.82, 2.24) is 4.90 Å². The maximum absolute atomic E-state index is 12.2. The molecule has 1 aromatic carbocycles. The Morgan fingerprint density at radius 2 is 2.05 bits per heavy atom. The molecule has 0 radical (unpaired) electrons. The van der Waals surface area contributed by atoms with Gasteiger partial charge in [0.05, 0.1) is 0 Å². The molecule has 1 unspecified atom stereocenters. The number of nitrogens with zero attached hydrogens (tertiary/aromatic N) is 1. The first-order valence-corrected chi connectivity index (χ1v) is 9.36. The van der Waals surface area contributed by atoms with E-state index in [1.165, 1.54) is 4.88 Å². The van der Waals surface area contributed by atoms with Crippen LogP contribution in [0.4, 0.5) is 4.79 Å². The second-order valence-corrected chi connectivity index (χ2v) is 7.48. The first-order valence-electron chi connectivity index (χ1n) is 7.43. The lowest BCUT2D eigenvalue weighted by Gasteiger charge is -2.19. The molecule has 0 aliphatic carbocycles. The molecule has 1 saturated heterocycles. The summed E-state index contributed by atoms with van der Waals surface area (Å²) in [7, 11) is 0. The number of hydrogen-bond donors (Lipinski definition) is 0. The van der Waals surface area contributed by atoms with Crippen molar-refractivity contribution in [2.24, 2.45) is 0 Å². The fraction of sp³-hybridized carbons (Fsp3) is 0.353. The van der Waals surface area contributed by atoms with Crippen LogP contribution in [0.2, 0.25) is 0 Å². The number of thioether (sulfide) groups is 1. The second kappa shape index (κ2) is 7.70. The monoisotopic (exact) mass is 333 g/mol. The van der Waals surface area contributed by atoms with Gasteiger partial charge in [-0.15, -0.1) is 11.3 Å². The largest absolute Gasteiger partial charge is 0.445 e. The second-order valence-electron chi connectivity index (χ2n) is 5.19. The van der Waals surface area contributed by atoms with Gasteiger partial charge in [-0.25, -0.2) is 4.79 Å². The van der Waals surface area contributed by atoms with Crippen molar-refractivity contribution >= 4 is 29.2 Å². The zero-order chi connectivity index (χ0) is 15.2. The van der Waals surface area contributed by atoms with Crippen LogP contribution in [0.1, 0.15) is 22.1 Å². The van der Waals surface area contributed by atoms with Crippen LogP contribution in [0.3, 0.4) is 0 Å². The van der Waals surface area contributed by atoms with Gasteiger partial charge in [-0.3, -0.25) is 0 Å². The van der Waals surface area contributed by atoms with Crippen molar-refractivity contribution in [3.8, 4) is 0 Å². The number of amides is 1. The minimum atomic E-state index is -0.198. The van der Waals surface area contributed by atoms with Gasteiger partial charge >= 0.3 is 6.09 Å². The van der Waals surface area contributed by atoms with Gasteiger partial charge in [-0.2, -0.15) is 11.8 Å². The Labute approximate surface area is 139 Å². The van der Waals surface area contributed by atoms with E-state index in [0.29, 0.717) is 11.9 Å². The molecule has 1 atom stereocenters. The van der Waals surface area contributed by atoms with Gasteiger partial charge in [0, 0.05) is 29.0 Å². The molecule has 1 fully saturated rings. The number of carbonyl (C=O) groups excluding carboxylic acids is 1. The van der Waals surface area contributed by atoms with Crippen LogP contribution in [0.15, 0.2) is 47.8 Å². The van der Waals surface area contributed by atoms with Crippen LogP contribution >= 0.6 is 23.1 Å². The highest BCUT2D eigenvalue weighted by Gasteiger charge is 2.23. The number of benzene rings is 1. The SMILES string of the molecule is O=C(OCc1ccccc1)N1CCSC(c2cccs2)CC1. The summed E-state index contributed by atoms with van der Waals surface area (Å²) in [6.45, 7) is 1.88. The molecule has 2 aromatic rings. The summed E-state index contributed by atoms with van der Waals surface area (Å²) in [5.41, 5.74) is 1.02. The van der Waals surface area contributed by atoms with E-state index in [1.54, 1.807) is 11.3 Å². The van der Waals surface area contributed by atoms with Crippen molar-refractivity contribution in [3.05, 3.63) is 58.3 Å². The predicted octanol–water partition coefficient (Wildman–Crippen LogP) is 4.56. The molecule has 22 heavy (non-hydrogen) atoms. The molecular weight excluding hydrogens is 314 g/mol. The number of ether oxygens (including phenoxy) is 1. The smallest absolute Gasteiger partial charge is 0.410 e. The number of hydrogen-bond acceptors (Lipinski definition) is 4. The third-order valence-corrected chi connectivity index (χ3v) is 6.11. The molecule has 3 nitrogen and oxygen atoms in total. The summed E-state index contributed by atoms with van der Waals surface area (Å²) in [6.07, 6.45) is 0.794. The van der Waals surface area contributed by atoms with Crippen molar-refractivity contribution in [3.63, 3.8) is 0 Å². The van der Waals surface area contributed by atoms with Crippen molar-refractivity contribution < 1.29 is 9.53 Å². The van der Waals surface area contributed by atoms with Crippen LogP contribution < -0.4 is 0 Å². The van der Waals surface area contributed by atoms with E-state index in [9.17, 15) is 4.79 Å². The molecular formula is C17H19NO2S2. The number of carbonyl (C=O) groups is 1. The number of rotatable bonds is 3. The Morgan fingerprint density at radius 1 is 1.18 bits per heavy atom. The van der Waals surface area contributed by atoms with Gasteiger partial charge < -0.3 is 9.64 Å². The molecule has 1 aromatic heterocycles. The molecule has 0 spiro atoms. The van der Waals surface area contributed by atoms with Gasteiger partial charge in [-0.05, 0) is 23.4 Å². The highest BCUT2D eigenvalue weighted by atomic mass is 32.2. The Balaban J connectivity index is 1.51. The molecule has 0 bridgehead atoms. The van der Waals surface area contributed by atoms with Crippen molar-refractivity contribution in [2.45, 2.75) is 18.3 Å². The highest BCUT2D eigenvalue weighted by Crippen LogP contribution is 2.36. The van der Waals surface area contributed by atoms with Gasteiger partial charge in [0.1, 0.15) is 6.61 Å². The van der Waals surface area contributed by atoms with Crippen molar-refractivity contribution in [2.75, 3.05) is 18.8 Å². The van der Waals surface area contributed by atoms with Crippen LogP contribution in [0.5, 0.6) is 0 Å². The van der Waals surface area contributed by atoms with Gasteiger partial charge in [0.25, 0.3) is 0 Å². The summed E-state index contributed by atoms with van der Waals surface area (Å²) in [4.78, 5) is 15.5. The minimum Gasteiger partial charge on any atom is -0.445 e. The quantitative estimate of drug-likeness (QED) is 0.824. The molecule has 116 valence electrons. The maximum Gasteiger partial charge on any atom is 0.410 e. The van der Waals surface area contributed by atoms with E-state index in [-0.39, 0.29) is 6.09 Å². The van der Waals surface area contributed by atoms with Crippen LogP contribution in [-0.4, -0.2) is 29.8 Å². The number of thiophene rings is 1. The zero-order valence-corrected chi connectivity index (χ0v) is 13.9. The molecule has 1 aliphatic rings. The molecule has 1 amide bonds.